The van der Waals surface area contributed by atoms with Crippen LogP contribution in [-0.4, -0.2) is 68.6 Å². The summed E-state index contributed by atoms with van der Waals surface area (Å²) >= 11 is 7.64. The molecule has 1 aromatic heterocycles. The van der Waals surface area contributed by atoms with Crippen molar-refractivity contribution in [1.29, 1.82) is 0 Å². The van der Waals surface area contributed by atoms with Crippen molar-refractivity contribution in [3.8, 4) is 11.5 Å². The number of thiophene rings is 1. The van der Waals surface area contributed by atoms with Crippen molar-refractivity contribution in [3.05, 3.63) is 93.8 Å². The van der Waals surface area contributed by atoms with E-state index in [2.05, 4.69) is 4.72 Å². The maximum absolute atomic E-state index is 14.4. The molecule has 0 saturated carbocycles. The molecule has 0 radical (unpaired) electrons. The topological polar surface area (TPSA) is 105 Å². The van der Waals surface area contributed by atoms with E-state index < -0.39 is 15.6 Å². The molecular weight excluding hydrogens is 646 g/mol. The molecule has 12 heteroatoms. The first-order valence-electron chi connectivity index (χ1n) is 15.0. The number of rotatable bonds is 13. The van der Waals surface area contributed by atoms with Crippen LogP contribution in [-0.2, 0) is 21.4 Å². The number of nitrogens with one attached hydrogen (secondary N) is 1. The lowest BCUT2D eigenvalue weighted by atomic mass is 9.83. The minimum absolute atomic E-state index is 0.0474. The van der Waals surface area contributed by atoms with E-state index in [-0.39, 0.29) is 43.1 Å². The molecule has 46 heavy (non-hydrogen) atoms. The molecule has 3 aromatic carbocycles. The Labute approximate surface area is 279 Å². The molecular formula is C34H38ClN3O6S2. The third-order valence-electron chi connectivity index (χ3n) is 8.70. The molecule has 9 nitrogen and oxygen atoms in total. The lowest BCUT2D eigenvalue weighted by Gasteiger charge is -2.51. The maximum Gasteiger partial charge on any atom is 0.256 e. The van der Waals surface area contributed by atoms with Gasteiger partial charge in [-0.25, -0.2) is 13.1 Å². The van der Waals surface area contributed by atoms with Crippen molar-refractivity contribution in [2.24, 2.45) is 0 Å². The minimum Gasteiger partial charge on any atom is -0.497 e. The number of amides is 2. The Morgan fingerprint density at radius 3 is 2.50 bits per heavy atom. The van der Waals surface area contributed by atoms with Crippen molar-refractivity contribution in [3.63, 3.8) is 0 Å². The Morgan fingerprint density at radius 2 is 1.83 bits per heavy atom. The third-order valence-corrected chi connectivity index (χ3v) is 11.3. The fraction of sp³-hybridized carbons (Fsp3) is 0.353. The van der Waals surface area contributed by atoms with Gasteiger partial charge >= 0.3 is 0 Å². The standard InChI is InChI=1S/C34H38ClN3O6S2/c1-23(24-10-13-26(35)14-11-24)37(17-7-19-46(41,42)36-21-25-12-15-27(43-3)20-30(25)44-4)33(40)34(2)16-18-38(34)32(39)29-22-45-31-9-6-5-8-28(29)31/h5-6,8-15,20,22-23,36H,7,16-19,21H2,1-4H3/t23-,34?/m0/s1. The van der Waals surface area contributed by atoms with Crippen molar-refractivity contribution < 1.29 is 27.5 Å². The van der Waals surface area contributed by atoms with E-state index in [1.807, 2.05) is 48.7 Å². The molecule has 2 heterocycles. The molecule has 1 fully saturated rings. The highest BCUT2D eigenvalue weighted by atomic mass is 35.5. The number of sulfonamides is 1. The summed E-state index contributed by atoms with van der Waals surface area (Å²) in [6.07, 6.45) is 0.699. The molecule has 1 N–H and O–H groups in total. The molecule has 1 aliphatic rings. The number of halogens is 1. The quantitative estimate of drug-likeness (QED) is 0.178. The lowest BCUT2D eigenvalue weighted by molar-refractivity contribution is -0.151. The lowest BCUT2D eigenvalue weighted by Crippen LogP contribution is -2.68. The van der Waals surface area contributed by atoms with Gasteiger partial charge in [-0.15, -0.1) is 11.3 Å². The summed E-state index contributed by atoms with van der Waals surface area (Å²) in [4.78, 5) is 31.5. The van der Waals surface area contributed by atoms with Crippen LogP contribution in [0.3, 0.4) is 0 Å². The van der Waals surface area contributed by atoms with E-state index in [4.69, 9.17) is 21.1 Å². The van der Waals surface area contributed by atoms with Gasteiger partial charge in [-0.3, -0.25) is 9.59 Å². The van der Waals surface area contributed by atoms with Gasteiger partial charge in [-0.2, -0.15) is 0 Å². The molecule has 2 atom stereocenters. The van der Waals surface area contributed by atoms with Gasteiger partial charge in [0, 0.05) is 51.8 Å². The van der Waals surface area contributed by atoms with Gasteiger partial charge < -0.3 is 19.3 Å². The monoisotopic (exact) mass is 683 g/mol. The van der Waals surface area contributed by atoms with E-state index in [1.54, 1.807) is 54.2 Å². The third kappa shape index (κ3) is 7.02. The Hall–Kier alpha value is -3.64. The number of carbonyl (C=O) groups excluding carboxylic acids is 2. The summed E-state index contributed by atoms with van der Waals surface area (Å²) < 4.78 is 40.4. The van der Waals surface area contributed by atoms with Crippen LogP contribution >= 0.6 is 22.9 Å². The highest BCUT2D eigenvalue weighted by Crippen LogP contribution is 2.38. The van der Waals surface area contributed by atoms with Gasteiger partial charge in [0.2, 0.25) is 15.9 Å². The van der Waals surface area contributed by atoms with E-state index in [0.717, 1.165) is 15.6 Å². The van der Waals surface area contributed by atoms with Crippen LogP contribution in [0.15, 0.2) is 72.1 Å². The van der Waals surface area contributed by atoms with Gasteiger partial charge in [0.15, 0.2) is 0 Å². The molecule has 244 valence electrons. The molecule has 5 rings (SSSR count). The fourth-order valence-corrected chi connectivity index (χ4v) is 7.87. The minimum atomic E-state index is -3.70. The number of ether oxygens (including phenoxy) is 2. The van der Waals surface area contributed by atoms with E-state index in [9.17, 15) is 18.0 Å². The molecule has 1 saturated heterocycles. The van der Waals surface area contributed by atoms with Gasteiger partial charge in [-0.1, -0.05) is 48.0 Å². The van der Waals surface area contributed by atoms with Crippen molar-refractivity contribution in [2.45, 2.75) is 44.8 Å². The van der Waals surface area contributed by atoms with Crippen LogP contribution in [0.25, 0.3) is 10.1 Å². The van der Waals surface area contributed by atoms with Crippen LogP contribution in [0, 0.1) is 0 Å². The second kappa shape index (κ2) is 14.0. The zero-order chi connectivity index (χ0) is 33.1. The van der Waals surface area contributed by atoms with Crippen LogP contribution < -0.4 is 14.2 Å². The smallest absolute Gasteiger partial charge is 0.256 e. The average Bonchev–Trinajstić information content (AvgIpc) is 3.49. The number of hydrogen-bond donors (Lipinski definition) is 1. The molecule has 4 aromatic rings. The van der Waals surface area contributed by atoms with Crippen LogP contribution in [0.2, 0.25) is 5.02 Å². The van der Waals surface area contributed by atoms with Gasteiger partial charge in [0.25, 0.3) is 5.91 Å². The predicted octanol–water partition coefficient (Wildman–Crippen LogP) is 6.28. The zero-order valence-electron chi connectivity index (χ0n) is 26.3. The van der Waals surface area contributed by atoms with Crippen molar-refractivity contribution in [1.82, 2.24) is 14.5 Å². The number of hydrogen-bond acceptors (Lipinski definition) is 7. The summed E-state index contributed by atoms with van der Waals surface area (Å²) in [6, 6.07) is 19.8. The van der Waals surface area contributed by atoms with E-state index in [1.165, 1.54) is 18.4 Å². The fourth-order valence-electron chi connectivity index (χ4n) is 5.78. The predicted molar refractivity (Wildman–Crippen MR) is 182 cm³/mol. The number of nitrogens with zero attached hydrogens (tertiary/aromatic N) is 2. The molecule has 2 amide bonds. The van der Waals surface area contributed by atoms with Crippen molar-refractivity contribution in [2.75, 3.05) is 33.1 Å². The largest absolute Gasteiger partial charge is 0.497 e. The highest BCUT2D eigenvalue weighted by molar-refractivity contribution is 7.89. The molecule has 0 bridgehead atoms. The first-order chi connectivity index (χ1) is 22.0. The molecule has 1 aliphatic heterocycles. The Bertz CT molecular complexity index is 1830. The van der Waals surface area contributed by atoms with Gasteiger partial charge in [0.1, 0.15) is 17.0 Å². The first kappa shape index (κ1) is 33.7. The SMILES string of the molecule is COc1ccc(CNS(=O)(=O)CCCN(C(=O)C2(C)CCN2C(=O)c2csc3ccccc23)[C@@H](C)c2ccc(Cl)cc2)c(OC)c1. The number of likely N-dealkylation sites (tertiary alicyclic amines) is 1. The van der Waals surface area contributed by atoms with Gasteiger partial charge in [-0.05, 0) is 56.5 Å². The summed E-state index contributed by atoms with van der Waals surface area (Å²) in [5.74, 6) is 0.524. The summed E-state index contributed by atoms with van der Waals surface area (Å²) in [5.41, 5.74) is 1.04. The van der Waals surface area contributed by atoms with Crippen LogP contribution in [0.5, 0.6) is 11.5 Å². The van der Waals surface area contributed by atoms with Crippen molar-refractivity contribution >= 4 is 54.9 Å². The zero-order valence-corrected chi connectivity index (χ0v) is 28.7. The van der Waals surface area contributed by atoms with Crippen LogP contribution in [0.4, 0.5) is 0 Å². The Morgan fingerprint density at radius 1 is 1.09 bits per heavy atom. The second-order valence-corrected chi connectivity index (χ2v) is 14.8. The Balaban J connectivity index is 1.32. The van der Waals surface area contributed by atoms with Gasteiger partial charge in [0.05, 0.1) is 31.6 Å². The number of methoxy groups -OCH3 is 2. The molecule has 0 aliphatic carbocycles. The van der Waals surface area contributed by atoms with E-state index in [0.29, 0.717) is 40.6 Å². The maximum atomic E-state index is 14.4. The highest BCUT2D eigenvalue weighted by Gasteiger charge is 2.52. The normalized spacial score (nSPS) is 16.9. The first-order valence-corrected chi connectivity index (χ1v) is 17.9. The van der Waals surface area contributed by atoms with E-state index >= 15 is 0 Å². The number of benzene rings is 3. The number of fused-ring (bicyclic) bond motifs is 1. The summed E-state index contributed by atoms with van der Waals surface area (Å²) in [6.45, 7) is 4.39. The molecule has 0 spiro atoms. The summed E-state index contributed by atoms with van der Waals surface area (Å²) in [7, 11) is -0.634. The average molecular weight is 684 g/mol. The summed E-state index contributed by atoms with van der Waals surface area (Å²) in [5, 5.41) is 3.30. The van der Waals surface area contributed by atoms with Crippen LogP contribution in [0.1, 0.15) is 54.2 Å². The Kier molecular flexibility index (Phi) is 10.3. The second-order valence-electron chi connectivity index (χ2n) is 11.5. The number of carbonyl (C=O) groups is 2. The molecule has 1 unspecified atom stereocenters.